The molecule has 150 valence electrons. The summed E-state index contributed by atoms with van der Waals surface area (Å²) in [5.74, 6) is 1.43. The molecule has 12 heteroatoms. The zero-order valence-corrected chi connectivity index (χ0v) is 15.7. The lowest BCUT2D eigenvalue weighted by Crippen LogP contribution is -2.35. The Morgan fingerprint density at radius 3 is 2.68 bits per heavy atom. The molecule has 2 aliphatic heterocycles. The molecule has 2 amide bonds. The van der Waals surface area contributed by atoms with Gasteiger partial charge in [0.05, 0.1) is 19.6 Å². The molecule has 0 saturated carbocycles. The van der Waals surface area contributed by atoms with Crippen LogP contribution in [-0.4, -0.2) is 58.9 Å². The van der Waals surface area contributed by atoms with E-state index in [1.165, 1.54) is 4.90 Å². The molecule has 4 rings (SSSR count). The first kappa shape index (κ1) is 18.7. The summed E-state index contributed by atoms with van der Waals surface area (Å²) in [7, 11) is -3.19. The number of fused-ring (bicyclic) bond motifs is 2. The Morgan fingerprint density at radius 2 is 2.00 bits per heavy atom. The molecule has 0 radical (unpaired) electrons. The summed E-state index contributed by atoms with van der Waals surface area (Å²) >= 11 is 0. The van der Waals surface area contributed by atoms with E-state index >= 15 is 0 Å². The standard InChI is InChI=1S/C16H18N4O7S/c1-25-12-5-2-10(3-6-12)8-14-17-18-15(26-14)13-7-4-11-9-19(13)16(21)20(11)27-28(22,23)24/h2-3,5-6,11,13H,4,7-9H2,1H3,(H,22,23,24)/t11-,13+/m1/s1. The van der Waals surface area contributed by atoms with Gasteiger partial charge in [0.15, 0.2) is 0 Å². The van der Waals surface area contributed by atoms with Gasteiger partial charge >= 0.3 is 16.4 Å². The number of methoxy groups -OCH3 is 1. The number of hydrogen-bond donors (Lipinski definition) is 1. The van der Waals surface area contributed by atoms with Crippen LogP contribution in [0.3, 0.4) is 0 Å². The van der Waals surface area contributed by atoms with E-state index in [4.69, 9.17) is 13.7 Å². The van der Waals surface area contributed by atoms with Gasteiger partial charge in [0, 0.05) is 6.54 Å². The van der Waals surface area contributed by atoms with Crippen molar-refractivity contribution >= 4 is 16.4 Å². The highest BCUT2D eigenvalue weighted by atomic mass is 32.3. The van der Waals surface area contributed by atoms with Crippen LogP contribution in [0.15, 0.2) is 28.7 Å². The molecule has 2 aliphatic rings. The van der Waals surface area contributed by atoms with Crippen molar-refractivity contribution in [2.75, 3.05) is 13.7 Å². The number of aromatic nitrogens is 2. The van der Waals surface area contributed by atoms with Gasteiger partial charge in [-0.15, -0.1) is 14.5 Å². The van der Waals surface area contributed by atoms with Gasteiger partial charge in [-0.2, -0.15) is 13.5 Å². The SMILES string of the molecule is COc1ccc(Cc2nnc([C@@H]3CC[C@@H]4CN3C(=O)N4OS(=O)(=O)O)o2)cc1. The van der Waals surface area contributed by atoms with E-state index in [2.05, 4.69) is 14.5 Å². The van der Waals surface area contributed by atoms with Gasteiger partial charge in [-0.25, -0.2) is 4.79 Å². The summed E-state index contributed by atoms with van der Waals surface area (Å²) in [5.41, 5.74) is 0.963. The Balaban J connectivity index is 1.47. The maximum absolute atomic E-state index is 12.5. The van der Waals surface area contributed by atoms with Gasteiger partial charge in [0.1, 0.15) is 11.8 Å². The van der Waals surface area contributed by atoms with Gasteiger partial charge in [-0.3, -0.25) is 4.55 Å². The van der Waals surface area contributed by atoms with Crippen LogP contribution < -0.4 is 4.74 Å². The van der Waals surface area contributed by atoms with Crippen molar-refractivity contribution in [2.45, 2.75) is 31.3 Å². The summed E-state index contributed by atoms with van der Waals surface area (Å²) in [6, 6.07) is 5.84. The average Bonchev–Trinajstić information content (AvgIpc) is 3.21. The molecule has 0 unspecified atom stereocenters. The van der Waals surface area contributed by atoms with E-state index in [1.807, 2.05) is 24.3 Å². The highest BCUT2D eigenvalue weighted by molar-refractivity contribution is 7.80. The number of ether oxygens (including phenoxy) is 1. The zero-order valence-electron chi connectivity index (χ0n) is 14.9. The fraction of sp³-hybridized carbons (Fsp3) is 0.438. The molecule has 0 spiro atoms. The summed E-state index contributed by atoms with van der Waals surface area (Å²) in [4.78, 5) is 13.9. The molecule has 2 bridgehead atoms. The predicted octanol–water partition coefficient (Wildman–Crippen LogP) is 1.34. The highest BCUT2D eigenvalue weighted by Crippen LogP contribution is 2.38. The number of hydrogen-bond acceptors (Lipinski definition) is 8. The van der Waals surface area contributed by atoms with Crippen molar-refractivity contribution in [1.29, 1.82) is 0 Å². The second kappa shape index (κ2) is 7.04. The van der Waals surface area contributed by atoms with E-state index in [9.17, 15) is 13.2 Å². The summed E-state index contributed by atoms with van der Waals surface area (Å²) in [6.45, 7) is 0.245. The number of rotatable bonds is 6. The smallest absolute Gasteiger partial charge is 0.418 e. The van der Waals surface area contributed by atoms with E-state index in [-0.39, 0.29) is 12.4 Å². The number of benzene rings is 1. The lowest BCUT2D eigenvalue weighted by atomic mass is 10.0. The fourth-order valence-electron chi connectivity index (χ4n) is 3.48. The predicted molar refractivity (Wildman–Crippen MR) is 92.4 cm³/mol. The Kier molecular flexibility index (Phi) is 4.69. The van der Waals surface area contributed by atoms with Crippen LogP contribution >= 0.6 is 0 Å². The molecular weight excluding hydrogens is 392 g/mol. The number of carbonyl (C=O) groups excluding carboxylic acids is 1. The number of carbonyl (C=O) groups is 1. The van der Waals surface area contributed by atoms with E-state index < -0.39 is 28.5 Å². The molecule has 11 nitrogen and oxygen atoms in total. The van der Waals surface area contributed by atoms with Crippen LogP contribution in [0.25, 0.3) is 0 Å². The molecule has 1 N–H and O–H groups in total. The second-order valence-electron chi connectivity index (χ2n) is 6.57. The lowest BCUT2D eigenvalue weighted by Gasteiger charge is -2.27. The van der Waals surface area contributed by atoms with Crippen molar-refractivity contribution in [1.82, 2.24) is 20.2 Å². The summed E-state index contributed by atoms with van der Waals surface area (Å²) < 4.78 is 46.1. The lowest BCUT2D eigenvalue weighted by molar-refractivity contribution is -0.0317. The monoisotopic (exact) mass is 410 g/mol. The first-order valence-corrected chi connectivity index (χ1v) is 9.92. The molecule has 2 atom stereocenters. The van der Waals surface area contributed by atoms with Crippen LogP contribution in [0.2, 0.25) is 0 Å². The summed E-state index contributed by atoms with van der Waals surface area (Å²) in [6.07, 6.45) is 1.41. The maximum atomic E-state index is 12.5. The fourth-order valence-corrected chi connectivity index (χ4v) is 3.87. The van der Waals surface area contributed by atoms with Crippen molar-refractivity contribution < 1.29 is 31.2 Å². The van der Waals surface area contributed by atoms with Crippen LogP contribution in [0.4, 0.5) is 4.79 Å². The Morgan fingerprint density at radius 1 is 1.25 bits per heavy atom. The third-order valence-corrected chi connectivity index (χ3v) is 5.13. The van der Waals surface area contributed by atoms with Crippen LogP contribution in [-0.2, 0) is 21.1 Å². The van der Waals surface area contributed by atoms with Crippen molar-refractivity contribution in [3.63, 3.8) is 0 Å². The number of hydroxylamine groups is 2. The minimum Gasteiger partial charge on any atom is -0.497 e. The molecule has 28 heavy (non-hydrogen) atoms. The quantitative estimate of drug-likeness (QED) is 0.700. The molecule has 0 aliphatic carbocycles. The van der Waals surface area contributed by atoms with Gasteiger partial charge < -0.3 is 14.1 Å². The zero-order chi connectivity index (χ0) is 19.9. The van der Waals surface area contributed by atoms with Crippen LogP contribution in [0, 0.1) is 0 Å². The minimum atomic E-state index is -4.78. The molecule has 3 heterocycles. The molecule has 2 saturated heterocycles. The first-order valence-electron chi connectivity index (χ1n) is 8.56. The number of amides is 2. The highest BCUT2D eigenvalue weighted by Gasteiger charge is 2.49. The number of nitrogens with zero attached hydrogens (tertiary/aromatic N) is 4. The van der Waals surface area contributed by atoms with Crippen molar-refractivity contribution in [3.8, 4) is 5.75 Å². The second-order valence-corrected chi connectivity index (χ2v) is 7.57. The Labute approximate surface area is 160 Å². The third kappa shape index (κ3) is 3.66. The molecule has 2 fully saturated rings. The number of urea groups is 1. The van der Waals surface area contributed by atoms with Crippen LogP contribution in [0.5, 0.6) is 5.75 Å². The maximum Gasteiger partial charge on any atom is 0.418 e. The van der Waals surface area contributed by atoms with Gasteiger partial charge in [0.25, 0.3) is 0 Å². The van der Waals surface area contributed by atoms with Crippen molar-refractivity contribution in [2.24, 2.45) is 0 Å². The minimum absolute atomic E-state index is 0.245. The van der Waals surface area contributed by atoms with Gasteiger partial charge in [0.2, 0.25) is 11.8 Å². The summed E-state index contributed by atoms with van der Waals surface area (Å²) in [5, 5.41) is 8.79. The third-order valence-electron chi connectivity index (χ3n) is 4.78. The Bertz CT molecular complexity index is 975. The van der Waals surface area contributed by atoms with Crippen LogP contribution in [0.1, 0.15) is 36.2 Å². The Hall–Kier alpha value is -2.70. The first-order chi connectivity index (χ1) is 13.3. The molecule has 1 aromatic carbocycles. The van der Waals surface area contributed by atoms with Crippen molar-refractivity contribution in [3.05, 3.63) is 41.6 Å². The largest absolute Gasteiger partial charge is 0.497 e. The van der Waals surface area contributed by atoms with Gasteiger partial charge in [-0.05, 0) is 30.5 Å². The molecular formula is C16H18N4O7S. The molecule has 1 aromatic heterocycles. The topological polar surface area (TPSA) is 135 Å². The normalized spacial score (nSPS) is 22.0. The molecule has 2 aromatic rings. The van der Waals surface area contributed by atoms with E-state index in [1.54, 1.807) is 7.11 Å². The van der Waals surface area contributed by atoms with E-state index in [0.29, 0.717) is 30.2 Å². The average molecular weight is 410 g/mol. The van der Waals surface area contributed by atoms with Gasteiger partial charge in [-0.1, -0.05) is 12.1 Å². The number of piperidine rings is 1. The van der Waals surface area contributed by atoms with E-state index in [0.717, 1.165) is 11.3 Å².